The van der Waals surface area contributed by atoms with Crippen molar-refractivity contribution in [2.75, 3.05) is 49.5 Å². The summed E-state index contributed by atoms with van der Waals surface area (Å²) in [6, 6.07) is 5.51. The van der Waals surface area contributed by atoms with Crippen molar-refractivity contribution in [1.82, 2.24) is 20.2 Å². The molecule has 2 aliphatic heterocycles. The van der Waals surface area contributed by atoms with Crippen molar-refractivity contribution in [3.8, 4) is 0 Å². The minimum Gasteiger partial charge on any atom is -0.362 e. The molecule has 1 amide bonds. The number of likely N-dealkylation sites (tertiary alicyclic amines) is 1. The second-order valence-electron chi connectivity index (χ2n) is 9.15. The SMILES string of the molecule is CC(=O)NCCN1CCC[C@H](C2CN(c3cncc(N[C@H](C)c4ccc(Cl)cc4Cl)n3)C2)C1. The number of carbonyl (C=O) groups is 1. The van der Waals surface area contributed by atoms with E-state index in [1.807, 2.05) is 25.3 Å². The Kier molecular flexibility index (Phi) is 7.94. The number of aromatic nitrogens is 2. The molecule has 3 heterocycles. The molecule has 2 saturated heterocycles. The lowest BCUT2D eigenvalue weighted by Gasteiger charge is -2.47. The first-order chi connectivity index (χ1) is 15.9. The Bertz CT molecular complexity index is 968. The first kappa shape index (κ1) is 24.0. The third kappa shape index (κ3) is 6.28. The topological polar surface area (TPSA) is 73.4 Å². The monoisotopic (exact) mass is 490 g/mol. The third-order valence-electron chi connectivity index (χ3n) is 6.66. The fourth-order valence-corrected chi connectivity index (χ4v) is 5.37. The van der Waals surface area contributed by atoms with E-state index in [1.165, 1.54) is 12.8 Å². The molecule has 2 aromatic rings. The Morgan fingerprint density at radius 2 is 2.03 bits per heavy atom. The average molecular weight is 491 g/mol. The van der Waals surface area contributed by atoms with Crippen molar-refractivity contribution in [3.63, 3.8) is 0 Å². The van der Waals surface area contributed by atoms with Gasteiger partial charge in [0.1, 0.15) is 11.6 Å². The van der Waals surface area contributed by atoms with Crippen molar-refractivity contribution >= 4 is 40.7 Å². The number of amides is 1. The van der Waals surface area contributed by atoms with E-state index < -0.39 is 0 Å². The van der Waals surface area contributed by atoms with Crippen molar-refractivity contribution < 1.29 is 4.79 Å². The van der Waals surface area contributed by atoms with E-state index >= 15 is 0 Å². The summed E-state index contributed by atoms with van der Waals surface area (Å²) >= 11 is 12.4. The molecule has 2 atom stereocenters. The summed E-state index contributed by atoms with van der Waals surface area (Å²) in [4.78, 5) is 25.1. The highest BCUT2D eigenvalue weighted by Gasteiger charge is 2.36. The summed E-state index contributed by atoms with van der Waals surface area (Å²) in [5.41, 5.74) is 0.970. The second-order valence-corrected chi connectivity index (χ2v) is 9.99. The van der Waals surface area contributed by atoms with Gasteiger partial charge < -0.3 is 20.4 Å². The zero-order chi connectivity index (χ0) is 23.4. The number of halogens is 2. The number of benzene rings is 1. The molecular formula is C24H32Cl2N6O. The fraction of sp³-hybridized carbons (Fsp3) is 0.542. The molecule has 0 saturated carbocycles. The maximum Gasteiger partial charge on any atom is 0.216 e. The fourth-order valence-electron chi connectivity index (χ4n) is 4.80. The number of nitrogens with one attached hydrogen (secondary N) is 2. The molecule has 1 aromatic heterocycles. The van der Waals surface area contributed by atoms with Crippen molar-refractivity contribution in [3.05, 3.63) is 46.2 Å². The van der Waals surface area contributed by atoms with Gasteiger partial charge in [0.25, 0.3) is 0 Å². The Labute approximate surface area is 205 Å². The van der Waals surface area contributed by atoms with E-state index in [9.17, 15) is 4.79 Å². The first-order valence-electron chi connectivity index (χ1n) is 11.6. The quantitative estimate of drug-likeness (QED) is 0.576. The molecule has 0 spiro atoms. The van der Waals surface area contributed by atoms with Gasteiger partial charge in [0.05, 0.1) is 18.4 Å². The molecule has 0 bridgehead atoms. The smallest absolute Gasteiger partial charge is 0.216 e. The number of nitrogens with zero attached hydrogens (tertiary/aromatic N) is 4. The van der Waals surface area contributed by atoms with Gasteiger partial charge in [0, 0.05) is 49.7 Å². The molecule has 33 heavy (non-hydrogen) atoms. The van der Waals surface area contributed by atoms with Crippen molar-refractivity contribution in [2.24, 2.45) is 11.8 Å². The molecule has 7 nitrogen and oxygen atoms in total. The summed E-state index contributed by atoms with van der Waals surface area (Å²) in [7, 11) is 0. The van der Waals surface area contributed by atoms with Crippen LogP contribution in [0.4, 0.5) is 11.6 Å². The van der Waals surface area contributed by atoms with Gasteiger partial charge in [-0.25, -0.2) is 4.98 Å². The first-order valence-corrected chi connectivity index (χ1v) is 12.4. The van der Waals surface area contributed by atoms with E-state index in [-0.39, 0.29) is 11.9 Å². The van der Waals surface area contributed by atoms with Crippen LogP contribution in [-0.4, -0.2) is 60.0 Å². The minimum atomic E-state index is -0.0193. The standard InChI is InChI=1S/C24H32Cl2N6O/c1-16(21-6-5-20(25)10-22(21)26)29-23-11-27-12-24(30-23)32-14-19(15-32)18-4-3-8-31(13-18)9-7-28-17(2)33/h5-6,10-12,16,18-19H,3-4,7-9,13-15H2,1-2H3,(H,28,33)(H,29,30)/t16-,18+/m1/s1. The van der Waals surface area contributed by atoms with Crippen LogP contribution in [0.15, 0.2) is 30.6 Å². The summed E-state index contributed by atoms with van der Waals surface area (Å²) in [5.74, 6) is 3.06. The van der Waals surface area contributed by atoms with Gasteiger partial charge in [-0.05, 0) is 55.8 Å². The van der Waals surface area contributed by atoms with Gasteiger partial charge in [-0.3, -0.25) is 9.78 Å². The van der Waals surface area contributed by atoms with Gasteiger partial charge in [-0.1, -0.05) is 29.3 Å². The van der Waals surface area contributed by atoms with Crippen LogP contribution >= 0.6 is 23.2 Å². The number of rotatable bonds is 8. The van der Waals surface area contributed by atoms with E-state index in [0.717, 1.165) is 56.5 Å². The number of anilines is 2. The molecule has 2 N–H and O–H groups in total. The number of hydrogen-bond donors (Lipinski definition) is 2. The van der Waals surface area contributed by atoms with Crippen LogP contribution in [0, 0.1) is 11.8 Å². The largest absolute Gasteiger partial charge is 0.362 e. The van der Waals surface area contributed by atoms with Gasteiger partial charge in [0.2, 0.25) is 5.91 Å². The molecule has 0 unspecified atom stereocenters. The molecule has 4 rings (SSSR count). The highest BCUT2D eigenvalue weighted by Crippen LogP contribution is 2.34. The lowest BCUT2D eigenvalue weighted by Crippen LogP contribution is -2.54. The summed E-state index contributed by atoms with van der Waals surface area (Å²) in [6.45, 7) is 9.55. The summed E-state index contributed by atoms with van der Waals surface area (Å²) < 4.78 is 0. The zero-order valence-corrected chi connectivity index (χ0v) is 20.7. The van der Waals surface area contributed by atoms with E-state index in [4.69, 9.17) is 28.2 Å². The van der Waals surface area contributed by atoms with Gasteiger partial charge >= 0.3 is 0 Å². The third-order valence-corrected chi connectivity index (χ3v) is 7.22. The van der Waals surface area contributed by atoms with Crippen molar-refractivity contribution in [2.45, 2.75) is 32.7 Å². The predicted molar refractivity (Wildman–Crippen MR) is 134 cm³/mol. The minimum absolute atomic E-state index is 0.0193. The van der Waals surface area contributed by atoms with E-state index in [0.29, 0.717) is 21.9 Å². The van der Waals surface area contributed by atoms with Gasteiger partial charge in [-0.2, -0.15) is 0 Å². The molecule has 9 heteroatoms. The average Bonchev–Trinajstić information content (AvgIpc) is 2.73. The van der Waals surface area contributed by atoms with Crippen LogP contribution in [-0.2, 0) is 4.79 Å². The molecule has 2 fully saturated rings. The Hall–Kier alpha value is -2.09. The van der Waals surface area contributed by atoms with E-state index in [1.54, 1.807) is 19.2 Å². The van der Waals surface area contributed by atoms with E-state index in [2.05, 4.69) is 25.4 Å². The molecule has 178 valence electrons. The molecule has 1 aromatic carbocycles. The molecule has 2 aliphatic rings. The van der Waals surface area contributed by atoms with Crippen molar-refractivity contribution in [1.29, 1.82) is 0 Å². The highest BCUT2D eigenvalue weighted by atomic mass is 35.5. The molecule has 0 aliphatic carbocycles. The van der Waals surface area contributed by atoms with Gasteiger partial charge in [0.15, 0.2) is 0 Å². The van der Waals surface area contributed by atoms with Gasteiger partial charge in [-0.15, -0.1) is 0 Å². The Balaban J connectivity index is 1.29. The Morgan fingerprint density at radius 1 is 1.21 bits per heavy atom. The van der Waals surface area contributed by atoms with Crippen LogP contribution in [0.1, 0.15) is 38.3 Å². The van der Waals surface area contributed by atoms with Crippen LogP contribution in [0.5, 0.6) is 0 Å². The lowest BCUT2D eigenvalue weighted by atomic mass is 9.80. The normalized spacial score (nSPS) is 20.2. The molecular weight excluding hydrogens is 459 g/mol. The Morgan fingerprint density at radius 3 is 2.79 bits per heavy atom. The van der Waals surface area contributed by atoms with Crippen LogP contribution < -0.4 is 15.5 Å². The van der Waals surface area contributed by atoms with Crippen LogP contribution in [0.3, 0.4) is 0 Å². The number of hydrogen-bond acceptors (Lipinski definition) is 6. The maximum atomic E-state index is 11.1. The summed E-state index contributed by atoms with van der Waals surface area (Å²) in [6.07, 6.45) is 6.09. The lowest BCUT2D eigenvalue weighted by molar-refractivity contribution is -0.119. The highest BCUT2D eigenvalue weighted by molar-refractivity contribution is 6.35. The zero-order valence-electron chi connectivity index (χ0n) is 19.2. The van der Waals surface area contributed by atoms with Crippen LogP contribution in [0.2, 0.25) is 10.0 Å². The number of carbonyl (C=O) groups excluding carboxylic acids is 1. The summed E-state index contributed by atoms with van der Waals surface area (Å²) in [5, 5.41) is 7.57. The predicted octanol–water partition coefficient (Wildman–Crippen LogP) is 4.24. The maximum absolute atomic E-state index is 11.1. The second kappa shape index (κ2) is 10.9. The van der Waals surface area contributed by atoms with Crippen LogP contribution in [0.25, 0.3) is 0 Å². The number of piperidine rings is 1. The molecule has 0 radical (unpaired) electrons.